The van der Waals surface area contributed by atoms with E-state index >= 15 is 0 Å². The van der Waals surface area contributed by atoms with Gasteiger partial charge in [-0.3, -0.25) is 10.1 Å². The van der Waals surface area contributed by atoms with Crippen LogP contribution in [0.15, 0.2) is 34.3 Å². The van der Waals surface area contributed by atoms with E-state index in [2.05, 4.69) is 20.7 Å². The molecule has 0 saturated carbocycles. The van der Waals surface area contributed by atoms with Crippen molar-refractivity contribution in [1.82, 2.24) is 0 Å². The average molecular weight is 300 g/mol. The minimum absolute atomic E-state index is 0.00407. The first-order chi connectivity index (χ1) is 8.04. The zero-order chi connectivity index (χ0) is 12.8. The number of carbonyl (C=O) groups excluding carboxylic acids is 1. The van der Waals surface area contributed by atoms with E-state index < -0.39 is 17.4 Å². The van der Waals surface area contributed by atoms with Gasteiger partial charge in [-0.15, -0.1) is 0 Å². The van der Waals surface area contributed by atoms with E-state index in [0.29, 0.717) is 5.56 Å². The van der Waals surface area contributed by atoms with Crippen LogP contribution in [-0.2, 0) is 9.53 Å². The first-order valence-electron chi connectivity index (χ1n) is 4.70. The van der Waals surface area contributed by atoms with Gasteiger partial charge < -0.3 is 4.74 Å². The Bertz CT molecular complexity index is 470. The quantitative estimate of drug-likeness (QED) is 0.370. The molecule has 1 aromatic rings. The van der Waals surface area contributed by atoms with Crippen LogP contribution >= 0.6 is 15.9 Å². The zero-order valence-corrected chi connectivity index (χ0v) is 10.6. The van der Waals surface area contributed by atoms with Gasteiger partial charge in [0.1, 0.15) is 5.57 Å². The van der Waals surface area contributed by atoms with Crippen LogP contribution in [0.2, 0.25) is 0 Å². The number of hydrogen-bond acceptors (Lipinski definition) is 4. The van der Waals surface area contributed by atoms with Gasteiger partial charge in [0.05, 0.1) is 7.11 Å². The van der Waals surface area contributed by atoms with Gasteiger partial charge in [-0.05, 0) is 17.7 Å². The van der Waals surface area contributed by atoms with Crippen LogP contribution in [0.4, 0.5) is 0 Å². The molecule has 0 saturated heterocycles. The number of carbonyl (C=O) groups is 1. The third kappa shape index (κ3) is 3.99. The molecule has 0 aromatic heterocycles. The number of nitrogens with zero attached hydrogens (tertiary/aromatic N) is 1. The number of halogens is 1. The summed E-state index contributed by atoms with van der Waals surface area (Å²) in [6.45, 7) is -0.562. The fourth-order valence-corrected chi connectivity index (χ4v) is 1.62. The van der Waals surface area contributed by atoms with Crippen molar-refractivity contribution in [2.75, 3.05) is 13.7 Å². The molecule has 5 nitrogen and oxygen atoms in total. The van der Waals surface area contributed by atoms with E-state index in [1.54, 1.807) is 18.2 Å². The first kappa shape index (κ1) is 13.4. The third-order valence-electron chi connectivity index (χ3n) is 1.98. The number of ether oxygens (including phenoxy) is 1. The summed E-state index contributed by atoms with van der Waals surface area (Å²) < 4.78 is 5.25. The predicted octanol–water partition coefficient (Wildman–Crippen LogP) is 2.28. The van der Waals surface area contributed by atoms with E-state index in [9.17, 15) is 14.9 Å². The number of hydrogen-bond donors (Lipinski definition) is 0. The zero-order valence-electron chi connectivity index (χ0n) is 9.05. The van der Waals surface area contributed by atoms with Crippen molar-refractivity contribution in [1.29, 1.82) is 0 Å². The molecular formula is C11H10BrNO4. The summed E-state index contributed by atoms with van der Waals surface area (Å²) in [5.74, 6) is -0.697. The normalized spacial score (nSPS) is 11.1. The predicted molar refractivity (Wildman–Crippen MR) is 66.0 cm³/mol. The van der Waals surface area contributed by atoms with Gasteiger partial charge in [0, 0.05) is 9.40 Å². The molecule has 1 rings (SSSR count). The van der Waals surface area contributed by atoms with E-state index in [1.165, 1.54) is 13.2 Å². The molecule has 17 heavy (non-hydrogen) atoms. The SMILES string of the molecule is COC(=O)/C(=C/c1ccccc1Br)C[N+](=O)[O-]. The second kappa shape index (κ2) is 6.15. The maximum absolute atomic E-state index is 11.4. The van der Waals surface area contributed by atoms with Crippen LogP contribution < -0.4 is 0 Å². The molecule has 0 aliphatic heterocycles. The van der Waals surface area contributed by atoms with Crippen LogP contribution in [0.25, 0.3) is 6.08 Å². The molecule has 0 amide bonds. The molecule has 0 N–H and O–H groups in total. The summed E-state index contributed by atoms with van der Waals surface area (Å²) in [4.78, 5) is 21.2. The van der Waals surface area contributed by atoms with Gasteiger partial charge in [-0.2, -0.15) is 0 Å². The van der Waals surface area contributed by atoms with Gasteiger partial charge in [-0.25, -0.2) is 4.79 Å². The highest BCUT2D eigenvalue weighted by molar-refractivity contribution is 9.10. The number of nitro groups is 1. The molecule has 90 valence electrons. The fraction of sp³-hybridized carbons (Fsp3) is 0.182. The standard InChI is InChI=1S/C11H10BrNO4/c1-17-11(14)9(7-13(15)16)6-8-4-2-3-5-10(8)12/h2-6H,7H2,1H3/b9-6+. The fourth-order valence-electron chi connectivity index (χ4n) is 1.22. The highest BCUT2D eigenvalue weighted by Crippen LogP contribution is 2.19. The van der Waals surface area contributed by atoms with Crippen LogP contribution in [-0.4, -0.2) is 24.5 Å². The van der Waals surface area contributed by atoms with Crippen molar-refractivity contribution in [2.45, 2.75) is 0 Å². The number of benzene rings is 1. The number of esters is 1. The Hall–Kier alpha value is -1.69. The first-order valence-corrected chi connectivity index (χ1v) is 5.49. The van der Waals surface area contributed by atoms with Crippen LogP contribution in [0.1, 0.15) is 5.56 Å². The Labute approximate surface area is 106 Å². The average Bonchev–Trinajstić information content (AvgIpc) is 2.29. The molecule has 0 atom stereocenters. The summed E-state index contributed by atoms with van der Waals surface area (Å²) in [7, 11) is 1.19. The van der Waals surface area contributed by atoms with Gasteiger partial charge in [-0.1, -0.05) is 34.1 Å². The Morgan fingerprint density at radius 1 is 1.53 bits per heavy atom. The molecule has 6 heteroatoms. The summed E-state index contributed by atoms with van der Waals surface area (Å²) in [6.07, 6.45) is 1.44. The van der Waals surface area contributed by atoms with Gasteiger partial charge in [0.2, 0.25) is 6.54 Å². The summed E-state index contributed by atoms with van der Waals surface area (Å²) in [5, 5.41) is 10.5. The Morgan fingerprint density at radius 3 is 2.71 bits per heavy atom. The van der Waals surface area contributed by atoms with E-state index in [4.69, 9.17) is 0 Å². The summed E-state index contributed by atoms with van der Waals surface area (Å²) >= 11 is 3.30. The molecule has 0 radical (unpaired) electrons. The Balaban J connectivity index is 3.09. The van der Waals surface area contributed by atoms with Gasteiger partial charge in [0.15, 0.2) is 0 Å². The summed E-state index contributed by atoms with van der Waals surface area (Å²) in [6, 6.07) is 7.12. The Kier molecular flexibility index (Phi) is 4.84. The van der Waals surface area contributed by atoms with Gasteiger partial charge >= 0.3 is 5.97 Å². The van der Waals surface area contributed by atoms with Crippen molar-refractivity contribution in [3.63, 3.8) is 0 Å². The maximum atomic E-state index is 11.4. The van der Waals surface area contributed by atoms with E-state index in [0.717, 1.165) is 4.47 Å². The smallest absolute Gasteiger partial charge is 0.340 e. The second-order valence-electron chi connectivity index (χ2n) is 3.17. The molecule has 0 heterocycles. The topological polar surface area (TPSA) is 69.4 Å². The lowest BCUT2D eigenvalue weighted by atomic mass is 10.1. The highest BCUT2D eigenvalue weighted by Gasteiger charge is 2.16. The minimum atomic E-state index is -0.697. The highest BCUT2D eigenvalue weighted by atomic mass is 79.9. The Morgan fingerprint density at radius 2 is 2.18 bits per heavy atom. The lowest BCUT2D eigenvalue weighted by Crippen LogP contribution is -2.14. The molecule has 0 aliphatic carbocycles. The number of methoxy groups -OCH3 is 1. The maximum Gasteiger partial charge on any atom is 0.340 e. The molecule has 0 spiro atoms. The van der Waals surface area contributed by atoms with Crippen LogP contribution in [0.5, 0.6) is 0 Å². The molecule has 0 fully saturated rings. The third-order valence-corrected chi connectivity index (χ3v) is 2.70. The van der Waals surface area contributed by atoms with Crippen molar-refractivity contribution in [2.24, 2.45) is 0 Å². The molecule has 0 bridgehead atoms. The van der Waals surface area contributed by atoms with E-state index in [1.807, 2.05) is 6.07 Å². The second-order valence-corrected chi connectivity index (χ2v) is 4.03. The van der Waals surface area contributed by atoms with Crippen molar-refractivity contribution < 1.29 is 14.5 Å². The number of rotatable bonds is 4. The van der Waals surface area contributed by atoms with Crippen LogP contribution in [0, 0.1) is 10.1 Å². The molecule has 0 aliphatic rings. The molecule has 1 aromatic carbocycles. The monoisotopic (exact) mass is 299 g/mol. The summed E-state index contributed by atoms with van der Waals surface area (Å²) in [5.41, 5.74) is 0.694. The minimum Gasteiger partial charge on any atom is -0.465 e. The lowest BCUT2D eigenvalue weighted by Gasteiger charge is -2.02. The van der Waals surface area contributed by atoms with Crippen molar-refractivity contribution in [3.05, 3.63) is 50.0 Å². The molecular weight excluding hydrogens is 290 g/mol. The van der Waals surface area contributed by atoms with Crippen LogP contribution in [0.3, 0.4) is 0 Å². The van der Waals surface area contributed by atoms with Crippen molar-refractivity contribution in [3.8, 4) is 0 Å². The van der Waals surface area contributed by atoms with Gasteiger partial charge in [0.25, 0.3) is 0 Å². The largest absolute Gasteiger partial charge is 0.465 e. The lowest BCUT2D eigenvalue weighted by molar-refractivity contribution is -0.470. The molecule has 0 unspecified atom stereocenters. The van der Waals surface area contributed by atoms with E-state index in [-0.39, 0.29) is 5.57 Å². The van der Waals surface area contributed by atoms with Crippen molar-refractivity contribution >= 4 is 28.0 Å².